The number of hydrogen-bond acceptors (Lipinski definition) is 2. The molecule has 1 aromatic carbocycles. The third-order valence-electron chi connectivity index (χ3n) is 3.63. The zero-order valence-electron chi connectivity index (χ0n) is 11.8. The highest BCUT2D eigenvalue weighted by Gasteiger charge is 2.29. The van der Waals surface area contributed by atoms with E-state index in [0.29, 0.717) is 18.0 Å². The fourth-order valence-corrected chi connectivity index (χ4v) is 2.83. The summed E-state index contributed by atoms with van der Waals surface area (Å²) in [7, 11) is 0. The lowest BCUT2D eigenvalue weighted by Crippen LogP contribution is -2.33. The molecule has 0 aliphatic carbocycles. The molecule has 21 heavy (non-hydrogen) atoms. The maximum absolute atomic E-state index is 12.3. The first-order valence-corrected chi connectivity index (χ1v) is 7.45. The van der Waals surface area contributed by atoms with Gasteiger partial charge in [-0.2, -0.15) is 0 Å². The third-order valence-corrected chi connectivity index (χ3v) is 3.87. The van der Waals surface area contributed by atoms with Crippen molar-refractivity contribution in [1.29, 1.82) is 0 Å². The van der Waals surface area contributed by atoms with E-state index in [1.54, 1.807) is 0 Å². The van der Waals surface area contributed by atoms with Crippen LogP contribution in [0.4, 0.5) is 0 Å². The van der Waals surface area contributed by atoms with E-state index in [4.69, 9.17) is 11.6 Å². The monoisotopic (exact) mass is 306 g/mol. The lowest BCUT2D eigenvalue weighted by Gasteiger charge is -2.25. The number of hydrogen-bond donors (Lipinski definition) is 1. The summed E-state index contributed by atoms with van der Waals surface area (Å²) in [6.07, 6.45) is 3.44. The van der Waals surface area contributed by atoms with E-state index in [1.807, 2.05) is 29.2 Å². The summed E-state index contributed by atoms with van der Waals surface area (Å²) >= 11 is 6.02. The van der Waals surface area contributed by atoms with Crippen LogP contribution in [-0.2, 0) is 9.59 Å². The first-order chi connectivity index (χ1) is 10.1. The molecule has 1 heterocycles. The molecular formula is C16H19ClN2O2. The van der Waals surface area contributed by atoms with Crippen molar-refractivity contribution in [3.63, 3.8) is 0 Å². The molecule has 112 valence electrons. The molecule has 1 N–H and O–H groups in total. The number of rotatable bonds is 5. The average Bonchev–Trinajstić information content (AvgIpc) is 2.96. The van der Waals surface area contributed by atoms with Gasteiger partial charge in [-0.3, -0.25) is 9.59 Å². The molecule has 1 atom stereocenters. The van der Waals surface area contributed by atoms with Crippen molar-refractivity contribution in [1.82, 2.24) is 10.2 Å². The maximum Gasteiger partial charge on any atom is 0.243 e. The molecule has 4 nitrogen and oxygen atoms in total. The molecule has 1 fully saturated rings. The molecule has 0 saturated carbocycles. The summed E-state index contributed by atoms with van der Waals surface area (Å²) in [4.78, 5) is 25.2. The second kappa shape index (κ2) is 7.27. The largest absolute Gasteiger partial charge is 0.352 e. The lowest BCUT2D eigenvalue weighted by molar-refractivity contribution is -0.132. The van der Waals surface area contributed by atoms with Gasteiger partial charge in [-0.25, -0.2) is 0 Å². The third kappa shape index (κ3) is 4.08. The molecule has 1 saturated heterocycles. The number of amides is 2. The molecule has 2 amide bonds. The molecule has 1 aliphatic heterocycles. The van der Waals surface area contributed by atoms with E-state index in [-0.39, 0.29) is 17.9 Å². The van der Waals surface area contributed by atoms with Gasteiger partial charge in [0.25, 0.3) is 0 Å². The fraction of sp³-hybridized carbons (Fsp3) is 0.375. The predicted molar refractivity (Wildman–Crippen MR) is 83.0 cm³/mol. The molecule has 1 aromatic rings. The van der Waals surface area contributed by atoms with E-state index in [0.717, 1.165) is 24.9 Å². The highest BCUT2D eigenvalue weighted by molar-refractivity contribution is 6.30. The second-order valence-corrected chi connectivity index (χ2v) is 5.48. The summed E-state index contributed by atoms with van der Waals surface area (Å²) in [6, 6.07) is 7.74. The minimum atomic E-state index is -0.254. The summed E-state index contributed by atoms with van der Waals surface area (Å²) in [6.45, 7) is 4.47. The number of nitrogens with one attached hydrogen (secondary N) is 1. The molecule has 1 aliphatic rings. The Hall–Kier alpha value is -1.81. The molecule has 0 radical (unpaired) electrons. The van der Waals surface area contributed by atoms with Gasteiger partial charge in [-0.1, -0.05) is 30.3 Å². The fourth-order valence-electron chi connectivity index (χ4n) is 2.63. The van der Waals surface area contributed by atoms with E-state index < -0.39 is 0 Å². The molecule has 0 bridgehead atoms. The Morgan fingerprint density at radius 3 is 3.00 bits per heavy atom. The van der Waals surface area contributed by atoms with Crippen molar-refractivity contribution in [2.75, 3.05) is 13.1 Å². The van der Waals surface area contributed by atoms with E-state index in [2.05, 4.69) is 11.9 Å². The lowest BCUT2D eigenvalue weighted by atomic mass is 10.0. The van der Waals surface area contributed by atoms with Crippen molar-refractivity contribution >= 4 is 23.4 Å². The summed E-state index contributed by atoms with van der Waals surface area (Å²) in [5.41, 5.74) is 1.07. The predicted octanol–water partition coefficient (Wildman–Crippen LogP) is 2.70. The quantitative estimate of drug-likeness (QED) is 0.850. The van der Waals surface area contributed by atoms with Gasteiger partial charge in [0, 0.05) is 24.5 Å². The molecule has 0 spiro atoms. The van der Waals surface area contributed by atoms with Crippen LogP contribution in [-0.4, -0.2) is 29.8 Å². The minimum absolute atomic E-state index is 0.0573. The standard InChI is InChI=1S/C16H19ClN2O2/c1-2-15(20)18-9-8-16(21)19-10-4-7-14(19)12-5-3-6-13(17)11-12/h2-3,5-6,11,14H,1,4,7-10H2,(H,18,20). The van der Waals surface area contributed by atoms with Crippen LogP contribution >= 0.6 is 11.6 Å². The van der Waals surface area contributed by atoms with E-state index in [1.165, 1.54) is 6.08 Å². The highest BCUT2D eigenvalue weighted by atomic mass is 35.5. The van der Waals surface area contributed by atoms with Crippen LogP contribution in [0.5, 0.6) is 0 Å². The van der Waals surface area contributed by atoms with Gasteiger partial charge in [0.15, 0.2) is 0 Å². The van der Waals surface area contributed by atoms with Gasteiger partial charge in [-0.05, 0) is 36.6 Å². The zero-order valence-corrected chi connectivity index (χ0v) is 12.6. The summed E-state index contributed by atoms with van der Waals surface area (Å²) in [5, 5.41) is 3.31. The molecular weight excluding hydrogens is 288 g/mol. The maximum atomic E-state index is 12.3. The molecule has 1 unspecified atom stereocenters. The van der Waals surface area contributed by atoms with Crippen LogP contribution in [0.15, 0.2) is 36.9 Å². The van der Waals surface area contributed by atoms with Crippen molar-refractivity contribution in [2.45, 2.75) is 25.3 Å². The van der Waals surface area contributed by atoms with Crippen LogP contribution in [0.1, 0.15) is 30.9 Å². The van der Waals surface area contributed by atoms with Crippen LogP contribution in [0.2, 0.25) is 5.02 Å². The average molecular weight is 307 g/mol. The summed E-state index contributed by atoms with van der Waals surface area (Å²) in [5.74, 6) is -0.197. The Balaban J connectivity index is 1.96. The van der Waals surface area contributed by atoms with Gasteiger partial charge in [0.05, 0.1) is 6.04 Å². The first-order valence-electron chi connectivity index (χ1n) is 7.07. The minimum Gasteiger partial charge on any atom is -0.352 e. The Labute approximate surface area is 129 Å². The van der Waals surface area contributed by atoms with Gasteiger partial charge in [0.2, 0.25) is 11.8 Å². The second-order valence-electron chi connectivity index (χ2n) is 5.05. The highest BCUT2D eigenvalue weighted by Crippen LogP contribution is 2.33. The van der Waals surface area contributed by atoms with Crippen LogP contribution in [0.25, 0.3) is 0 Å². The Morgan fingerprint density at radius 2 is 2.29 bits per heavy atom. The molecule has 2 rings (SSSR count). The summed E-state index contributed by atoms with van der Waals surface area (Å²) < 4.78 is 0. The number of carbonyl (C=O) groups excluding carboxylic acids is 2. The van der Waals surface area contributed by atoms with Crippen molar-refractivity contribution in [3.8, 4) is 0 Å². The SMILES string of the molecule is C=CC(=O)NCCC(=O)N1CCCC1c1cccc(Cl)c1. The zero-order chi connectivity index (χ0) is 15.2. The van der Waals surface area contributed by atoms with E-state index in [9.17, 15) is 9.59 Å². The van der Waals surface area contributed by atoms with Crippen LogP contribution < -0.4 is 5.32 Å². The van der Waals surface area contributed by atoms with E-state index >= 15 is 0 Å². The van der Waals surface area contributed by atoms with Crippen molar-refractivity contribution in [2.24, 2.45) is 0 Å². The van der Waals surface area contributed by atoms with Crippen molar-refractivity contribution in [3.05, 3.63) is 47.5 Å². The number of nitrogens with zero attached hydrogens (tertiary/aromatic N) is 1. The van der Waals surface area contributed by atoms with Crippen LogP contribution in [0.3, 0.4) is 0 Å². The van der Waals surface area contributed by atoms with Gasteiger partial charge >= 0.3 is 0 Å². The topological polar surface area (TPSA) is 49.4 Å². The number of likely N-dealkylation sites (tertiary alicyclic amines) is 1. The van der Waals surface area contributed by atoms with Gasteiger partial charge in [-0.15, -0.1) is 0 Å². The number of carbonyl (C=O) groups is 2. The Kier molecular flexibility index (Phi) is 5.39. The Morgan fingerprint density at radius 1 is 1.48 bits per heavy atom. The smallest absolute Gasteiger partial charge is 0.243 e. The molecule has 5 heteroatoms. The molecule has 0 aromatic heterocycles. The van der Waals surface area contributed by atoms with Gasteiger partial charge in [0.1, 0.15) is 0 Å². The number of benzene rings is 1. The number of halogens is 1. The van der Waals surface area contributed by atoms with Crippen molar-refractivity contribution < 1.29 is 9.59 Å². The first kappa shape index (κ1) is 15.6. The normalized spacial score (nSPS) is 17.6. The Bertz CT molecular complexity index is 545. The van der Waals surface area contributed by atoms with Crippen LogP contribution in [0, 0.1) is 0 Å². The van der Waals surface area contributed by atoms with Gasteiger partial charge < -0.3 is 10.2 Å².